The Bertz CT molecular complexity index is 769. The van der Waals surface area contributed by atoms with Crippen LogP contribution in [-0.4, -0.2) is 37.4 Å². The predicted octanol–water partition coefficient (Wildman–Crippen LogP) is 0.00268. The van der Waals surface area contributed by atoms with Crippen molar-refractivity contribution in [3.05, 3.63) is 51.7 Å². The molecule has 0 aliphatic carbocycles. The maximum Gasteiger partial charge on any atom is 0.345 e. The van der Waals surface area contributed by atoms with E-state index >= 15 is 0 Å². The first-order chi connectivity index (χ1) is 10.6. The normalized spacial score (nSPS) is 16.0. The van der Waals surface area contributed by atoms with Crippen LogP contribution in [0.3, 0.4) is 0 Å². The molecule has 1 aromatic heterocycles. The summed E-state index contributed by atoms with van der Waals surface area (Å²) in [6, 6.07) is 8.99. The summed E-state index contributed by atoms with van der Waals surface area (Å²) in [5, 5.41) is 23.3. The highest BCUT2D eigenvalue weighted by molar-refractivity contribution is 5.32. The number of aryl methyl sites for hydroxylation is 1. The first kappa shape index (κ1) is 14.5. The van der Waals surface area contributed by atoms with E-state index in [1.807, 2.05) is 0 Å². The molecule has 1 unspecified atom stereocenters. The number of hydrogen-bond acceptors (Lipinski definition) is 5. The van der Waals surface area contributed by atoms with Crippen LogP contribution in [0.15, 0.2) is 29.1 Å². The maximum absolute atomic E-state index is 11.8. The number of aliphatic hydroxyl groups is 1. The van der Waals surface area contributed by atoms with E-state index in [0.29, 0.717) is 31.7 Å². The van der Waals surface area contributed by atoms with E-state index in [9.17, 15) is 9.90 Å². The van der Waals surface area contributed by atoms with Crippen molar-refractivity contribution in [3.63, 3.8) is 0 Å². The minimum absolute atomic E-state index is 0.0951. The van der Waals surface area contributed by atoms with Crippen molar-refractivity contribution in [3.8, 4) is 6.07 Å². The van der Waals surface area contributed by atoms with Crippen LogP contribution in [0.4, 0.5) is 0 Å². The highest BCUT2D eigenvalue weighted by Gasteiger charge is 2.22. The number of nitriles is 1. The van der Waals surface area contributed by atoms with E-state index in [2.05, 4.69) is 16.1 Å². The van der Waals surface area contributed by atoms with Crippen molar-refractivity contribution < 1.29 is 5.11 Å². The Morgan fingerprint density at radius 3 is 2.77 bits per heavy atom. The summed E-state index contributed by atoms with van der Waals surface area (Å²) in [5.74, 6) is 0.728. The van der Waals surface area contributed by atoms with E-state index in [1.165, 1.54) is 4.68 Å². The second-order valence-corrected chi connectivity index (χ2v) is 5.46. The summed E-state index contributed by atoms with van der Waals surface area (Å²) >= 11 is 0. The topological polar surface area (TPSA) is 87.1 Å². The fraction of sp³-hybridized carbons (Fsp3) is 0.400. The SMILES string of the molecule is Cn1nc2n(c1=O)CCN(CC(O)c1ccc(C#N)cc1)C2. The summed E-state index contributed by atoms with van der Waals surface area (Å²) in [5.41, 5.74) is 1.26. The van der Waals surface area contributed by atoms with Crippen LogP contribution in [0, 0.1) is 11.3 Å². The smallest absolute Gasteiger partial charge is 0.345 e. The summed E-state index contributed by atoms with van der Waals surface area (Å²) in [7, 11) is 1.64. The number of β-amino-alcohol motifs (C(OH)–C–C–N with tert-alkyl or cyclic N) is 1. The van der Waals surface area contributed by atoms with Crippen LogP contribution in [0.25, 0.3) is 0 Å². The largest absolute Gasteiger partial charge is 0.387 e. The van der Waals surface area contributed by atoms with Crippen LogP contribution in [0.5, 0.6) is 0 Å². The molecule has 0 spiro atoms. The molecule has 7 nitrogen and oxygen atoms in total. The molecule has 7 heteroatoms. The van der Waals surface area contributed by atoms with Crippen molar-refractivity contribution in [1.29, 1.82) is 5.26 Å². The number of benzene rings is 1. The Labute approximate surface area is 127 Å². The lowest BCUT2D eigenvalue weighted by Crippen LogP contribution is -2.39. The van der Waals surface area contributed by atoms with Gasteiger partial charge in [-0.25, -0.2) is 9.48 Å². The van der Waals surface area contributed by atoms with Gasteiger partial charge < -0.3 is 5.11 Å². The van der Waals surface area contributed by atoms with E-state index in [1.54, 1.807) is 35.9 Å². The Morgan fingerprint density at radius 2 is 2.09 bits per heavy atom. The second-order valence-electron chi connectivity index (χ2n) is 5.46. The fourth-order valence-corrected chi connectivity index (χ4v) is 2.70. The zero-order valence-corrected chi connectivity index (χ0v) is 12.3. The van der Waals surface area contributed by atoms with Crippen LogP contribution >= 0.6 is 0 Å². The van der Waals surface area contributed by atoms with E-state index in [-0.39, 0.29) is 5.69 Å². The number of aromatic nitrogens is 3. The molecule has 0 saturated heterocycles. The van der Waals surface area contributed by atoms with Crippen LogP contribution in [0.2, 0.25) is 0 Å². The molecule has 22 heavy (non-hydrogen) atoms. The van der Waals surface area contributed by atoms with Gasteiger partial charge in [0.25, 0.3) is 0 Å². The Kier molecular flexibility index (Phi) is 3.79. The minimum atomic E-state index is -0.630. The zero-order chi connectivity index (χ0) is 15.7. The summed E-state index contributed by atoms with van der Waals surface area (Å²) in [4.78, 5) is 13.9. The lowest BCUT2D eigenvalue weighted by molar-refractivity contribution is 0.0958. The quantitative estimate of drug-likeness (QED) is 0.862. The molecule has 3 rings (SSSR count). The average molecular weight is 299 g/mol. The van der Waals surface area contributed by atoms with Gasteiger partial charge in [0.1, 0.15) is 5.82 Å². The third kappa shape index (κ3) is 2.66. The molecular formula is C15H17N5O2. The first-order valence-electron chi connectivity index (χ1n) is 7.11. The lowest BCUT2D eigenvalue weighted by Gasteiger charge is -2.28. The van der Waals surface area contributed by atoms with Gasteiger partial charge in [-0.1, -0.05) is 12.1 Å². The Balaban J connectivity index is 1.69. The van der Waals surface area contributed by atoms with Gasteiger partial charge in [0, 0.05) is 26.7 Å². The highest BCUT2D eigenvalue weighted by atomic mass is 16.3. The number of rotatable bonds is 3. The number of aliphatic hydroxyl groups excluding tert-OH is 1. The van der Waals surface area contributed by atoms with Crippen molar-refractivity contribution in [1.82, 2.24) is 19.2 Å². The number of fused-ring (bicyclic) bond motifs is 1. The van der Waals surface area contributed by atoms with Crippen molar-refractivity contribution in [2.24, 2.45) is 7.05 Å². The Hall–Kier alpha value is -2.43. The molecule has 2 aromatic rings. The van der Waals surface area contributed by atoms with Gasteiger partial charge >= 0.3 is 5.69 Å². The first-order valence-corrected chi connectivity index (χ1v) is 7.11. The number of nitrogens with zero attached hydrogens (tertiary/aromatic N) is 5. The Morgan fingerprint density at radius 1 is 1.36 bits per heavy atom. The monoisotopic (exact) mass is 299 g/mol. The zero-order valence-electron chi connectivity index (χ0n) is 12.3. The van der Waals surface area contributed by atoms with Crippen LogP contribution in [0.1, 0.15) is 23.1 Å². The summed E-state index contributed by atoms with van der Waals surface area (Å²) < 4.78 is 3.01. The molecule has 1 aliphatic heterocycles. The molecule has 0 bridgehead atoms. The molecule has 1 atom stereocenters. The van der Waals surface area contributed by atoms with Gasteiger partial charge in [-0.3, -0.25) is 9.47 Å². The molecular weight excluding hydrogens is 282 g/mol. The number of hydrogen-bond donors (Lipinski definition) is 1. The molecule has 114 valence electrons. The molecule has 0 amide bonds. The van der Waals surface area contributed by atoms with Crippen LogP contribution in [-0.2, 0) is 20.1 Å². The fourth-order valence-electron chi connectivity index (χ4n) is 2.70. The van der Waals surface area contributed by atoms with Gasteiger partial charge in [0.2, 0.25) is 0 Å². The lowest BCUT2D eigenvalue weighted by atomic mass is 10.1. The van der Waals surface area contributed by atoms with Gasteiger partial charge in [0.15, 0.2) is 0 Å². The van der Waals surface area contributed by atoms with Crippen molar-refractivity contribution >= 4 is 0 Å². The van der Waals surface area contributed by atoms with Gasteiger partial charge in [-0.15, -0.1) is 0 Å². The van der Waals surface area contributed by atoms with Gasteiger partial charge in [0.05, 0.1) is 24.3 Å². The highest BCUT2D eigenvalue weighted by Crippen LogP contribution is 2.17. The van der Waals surface area contributed by atoms with E-state index in [4.69, 9.17) is 5.26 Å². The molecule has 1 N–H and O–H groups in total. The summed E-state index contributed by atoms with van der Waals surface area (Å²) in [6.07, 6.45) is -0.630. The van der Waals surface area contributed by atoms with Crippen molar-refractivity contribution in [2.45, 2.75) is 19.2 Å². The molecule has 0 fully saturated rings. The molecule has 2 heterocycles. The van der Waals surface area contributed by atoms with Gasteiger partial charge in [-0.2, -0.15) is 10.4 Å². The third-order valence-electron chi connectivity index (χ3n) is 3.95. The molecule has 0 saturated carbocycles. The third-order valence-corrected chi connectivity index (χ3v) is 3.95. The molecule has 0 radical (unpaired) electrons. The standard InChI is InChI=1S/C15H17N5O2/c1-18-15(22)20-7-6-19(10-14(20)17-18)9-13(21)12-4-2-11(8-16)3-5-12/h2-5,13,21H,6-7,9-10H2,1H3. The van der Waals surface area contributed by atoms with Crippen molar-refractivity contribution in [2.75, 3.05) is 13.1 Å². The van der Waals surface area contributed by atoms with E-state index < -0.39 is 6.10 Å². The molecule has 1 aliphatic rings. The van der Waals surface area contributed by atoms with Gasteiger partial charge in [-0.05, 0) is 17.7 Å². The van der Waals surface area contributed by atoms with Crippen LogP contribution < -0.4 is 5.69 Å². The average Bonchev–Trinajstić information content (AvgIpc) is 2.81. The molecule has 1 aromatic carbocycles. The summed E-state index contributed by atoms with van der Waals surface area (Å²) in [6.45, 7) is 2.30. The maximum atomic E-state index is 11.8. The predicted molar refractivity (Wildman–Crippen MR) is 78.9 cm³/mol. The van der Waals surface area contributed by atoms with E-state index in [0.717, 1.165) is 11.4 Å². The second kappa shape index (κ2) is 5.75. The minimum Gasteiger partial charge on any atom is -0.387 e.